The van der Waals surface area contributed by atoms with Crippen LogP contribution in [0.2, 0.25) is 0 Å². The predicted octanol–water partition coefficient (Wildman–Crippen LogP) is 2.65. The third-order valence-electron chi connectivity index (χ3n) is 4.55. The summed E-state index contributed by atoms with van der Waals surface area (Å²) in [6.45, 7) is 6.28. The maximum absolute atomic E-state index is 12.3. The van der Waals surface area contributed by atoms with Gasteiger partial charge in [0.25, 0.3) is 0 Å². The Balaban J connectivity index is 0.00000220. The van der Waals surface area contributed by atoms with E-state index in [0.29, 0.717) is 0 Å². The molecule has 124 valence electrons. The van der Waals surface area contributed by atoms with Crippen LogP contribution in [0.25, 0.3) is 0 Å². The van der Waals surface area contributed by atoms with Gasteiger partial charge < -0.3 is 15.4 Å². The van der Waals surface area contributed by atoms with Gasteiger partial charge in [0.15, 0.2) is 0 Å². The first-order chi connectivity index (χ1) is 9.69. The first kappa shape index (κ1) is 18.7. The number of amides is 1. The number of hydrogen-bond donors (Lipinski definition) is 2. The first-order valence-electron chi connectivity index (χ1n) is 8.35. The molecule has 1 aliphatic heterocycles. The average molecular weight is 319 g/mol. The number of nitrogens with one attached hydrogen (secondary N) is 2. The van der Waals surface area contributed by atoms with E-state index >= 15 is 0 Å². The molecule has 1 amide bonds. The lowest BCUT2D eigenvalue weighted by Gasteiger charge is -2.31. The van der Waals surface area contributed by atoms with Gasteiger partial charge in [-0.1, -0.05) is 26.7 Å². The van der Waals surface area contributed by atoms with E-state index in [0.717, 1.165) is 51.1 Å². The largest absolute Gasteiger partial charge is 0.365 e. The number of piperidine rings is 1. The average Bonchev–Trinajstić information content (AvgIpc) is 2.46. The molecule has 0 radical (unpaired) electrons. The zero-order chi connectivity index (χ0) is 14.4. The van der Waals surface area contributed by atoms with E-state index in [9.17, 15) is 4.79 Å². The number of carbonyl (C=O) groups is 1. The van der Waals surface area contributed by atoms with Crippen molar-refractivity contribution < 1.29 is 9.53 Å². The van der Waals surface area contributed by atoms with Crippen LogP contribution in [0, 0.1) is 5.92 Å². The normalized spacial score (nSPS) is 31.0. The van der Waals surface area contributed by atoms with Crippen molar-refractivity contribution >= 4 is 18.3 Å². The summed E-state index contributed by atoms with van der Waals surface area (Å²) in [6.07, 6.45) is 7.74. The van der Waals surface area contributed by atoms with E-state index in [-0.39, 0.29) is 36.6 Å². The van der Waals surface area contributed by atoms with Gasteiger partial charge in [0, 0.05) is 12.6 Å². The van der Waals surface area contributed by atoms with Crippen LogP contribution in [0.5, 0.6) is 0 Å². The van der Waals surface area contributed by atoms with Crippen molar-refractivity contribution in [3.8, 4) is 0 Å². The number of halogens is 1. The standard InChI is InChI=1S/C16H30N2O2.ClH/c1-3-15(20-14-8-4-6-12(2)10-14)16(19)18-13-7-5-9-17-11-13;/h12-15,17H,3-11H2,1-2H3,(H,18,19);1H. The molecule has 4 unspecified atom stereocenters. The Morgan fingerprint density at radius 3 is 2.76 bits per heavy atom. The summed E-state index contributed by atoms with van der Waals surface area (Å²) in [6, 6.07) is 0.277. The highest BCUT2D eigenvalue weighted by molar-refractivity contribution is 5.85. The molecule has 2 rings (SSSR count). The van der Waals surface area contributed by atoms with E-state index in [1.54, 1.807) is 0 Å². The SMILES string of the molecule is CCC(OC1CCCC(C)C1)C(=O)NC1CCCNC1.Cl. The summed E-state index contributed by atoms with van der Waals surface area (Å²) in [7, 11) is 0. The van der Waals surface area contributed by atoms with Crippen LogP contribution in [0.4, 0.5) is 0 Å². The van der Waals surface area contributed by atoms with Gasteiger partial charge in [-0.3, -0.25) is 4.79 Å². The van der Waals surface area contributed by atoms with Gasteiger partial charge in [0.2, 0.25) is 5.91 Å². The topological polar surface area (TPSA) is 50.4 Å². The fraction of sp³-hybridized carbons (Fsp3) is 0.938. The number of rotatable bonds is 5. The van der Waals surface area contributed by atoms with Gasteiger partial charge in [-0.15, -0.1) is 12.4 Å². The van der Waals surface area contributed by atoms with Gasteiger partial charge in [0.1, 0.15) is 6.10 Å². The highest BCUT2D eigenvalue weighted by atomic mass is 35.5. The molecule has 0 aromatic carbocycles. The second-order valence-electron chi connectivity index (χ2n) is 6.48. The van der Waals surface area contributed by atoms with Crippen LogP contribution in [-0.2, 0) is 9.53 Å². The fourth-order valence-electron chi connectivity index (χ4n) is 3.35. The molecule has 1 saturated heterocycles. The molecule has 1 saturated carbocycles. The van der Waals surface area contributed by atoms with E-state index in [1.165, 1.54) is 12.8 Å². The maximum Gasteiger partial charge on any atom is 0.249 e. The van der Waals surface area contributed by atoms with Gasteiger partial charge in [-0.05, 0) is 44.6 Å². The Hall–Kier alpha value is -0.320. The quantitative estimate of drug-likeness (QED) is 0.819. The second kappa shape index (κ2) is 9.65. The monoisotopic (exact) mass is 318 g/mol. The van der Waals surface area contributed by atoms with E-state index in [4.69, 9.17) is 4.74 Å². The molecule has 4 nitrogen and oxygen atoms in total. The minimum Gasteiger partial charge on any atom is -0.365 e. The van der Waals surface area contributed by atoms with E-state index in [2.05, 4.69) is 17.6 Å². The van der Waals surface area contributed by atoms with Crippen LogP contribution in [0.15, 0.2) is 0 Å². The minimum absolute atomic E-state index is 0. The Morgan fingerprint density at radius 1 is 1.33 bits per heavy atom. The Morgan fingerprint density at radius 2 is 2.14 bits per heavy atom. The molecule has 2 fully saturated rings. The molecule has 4 atom stereocenters. The molecule has 0 bridgehead atoms. The van der Waals surface area contributed by atoms with Crippen molar-refractivity contribution in [1.29, 1.82) is 0 Å². The van der Waals surface area contributed by atoms with Crippen molar-refractivity contribution in [1.82, 2.24) is 10.6 Å². The highest BCUT2D eigenvalue weighted by Gasteiger charge is 2.27. The lowest BCUT2D eigenvalue weighted by molar-refractivity contribution is -0.139. The van der Waals surface area contributed by atoms with E-state index in [1.807, 2.05) is 6.92 Å². The minimum atomic E-state index is -0.271. The lowest BCUT2D eigenvalue weighted by Crippen LogP contribution is -2.49. The molecule has 0 aromatic heterocycles. The predicted molar refractivity (Wildman–Crippen MR) is 87.9 cm³/mol. The summed E-state index contributed by atoms with van der Waals surface area (Å²) in [5.41, 5.74) is 0. The van der Waals surface area contributed by atoms with Crippen molar-refractivity contribution in [3.05, 3.63) is 0 Å². The maximum atomic E-state index is 12.3. The van der Waals surface area contributed by atoms with E-state index < -0.39 is 0 Å². The van der Waals surface area contributed by atoms with Crippen LogP contribution in [0.1, 0.15) is 58.8 Å². The second-order valence-corrected chi connectivity index (χ2v) is 6.48. The Bertz CT molecular complexity index is 309. The van der Waals surface area contributed by atoms with Gasteiger partial charge in [-0.2, -0.15) is 0 Å². The Labute approximate surface area is 135 Å². The van der Waals surface area contributed by atoms with Crippen LogP contribution in [-0.4, -0.2) is 37.2 Å². The lowest BCUT2D eigenvalue weighted by atomic mass is 9.88. The summed E-state index contributed by atoms with van der Waals surface area (Å²) in [4.78, 5) is 12.3. The molecule has 2 aliphatic rings. The molecule has 0 spiro atoms. The van der Waals surface area contributed by atoms with Gasteiger partial charge in [0.05, 0.1) is 6.10 Å². The molecular weight excluding hydrogens is 288 g/mol. The smallest absolute Gasteiger partial charge is 0.249 e. The number of hydrogen-bond acceptors (Lipinski definition) is 3. The number of carbonyl (C=O) groups excluding carboxylic acids is 1. The molecule has 1 aliphatic carbocycles. The van der Waals surface area contributed by atoms with Crippen LogP contribution >= 0.6 is 12.4 Å². The van der Waals surface area contributed by atoms with Crippen molar-refractivity contribution in [2.24, 2.45) is 5.92 Å². The van der Waals surface area contributed by atoms with Crippen molar-refractivity contribution in [2.45, 2.75) is 77.0 Å². The summed E-state index contributed by atoms with van der Waals surface area (Å²) >= 11 is 0. The summed E-state index contributed by atoms with van der Waals surface area (Å²) < 4.78 is 6.08. The zero-order valence-electron chi connectivity index (χ0n) is 13.4. The molecular formula is C16H31ClN2O2. The Kier molecular flexibility index (Phi) is 8.60. The van der Waals surface area contributed by atoms with Crippen LogP contribution < -0.4 is 10.6 Å². The first-order valence-corrected chi connectivity index (χ1v) is 8.35. The molecule has 21 heavy (non-hydrogen) atoms. The van der Waals surface area contributed by atoms with Crippen LogP contribution in [0.3, 0.4) is 0 Å². The summed E-state index contributed by atoms with van der Waals surface area (Å²) in [5, 5.41) is 6.47. The zero-order valence-corrected chi connectivity index (χ0v) is 14.2. The summed E-state index contributed by atoms with van der Waals surface area (Å²) in [5.74, 6) is 0.816. The molecule has 1 heterocycles. The third-order valence-corrected chi connectivity index (χ3v) is 4.55. The molecule has 2 N–H and O–H groups in total. The molecule has 0 aromatic rings. The molecule has 5 heteroatoms. The third kappa shape index (κ3) is 6.13. The van der Waals surface area contributed by atoms with Gasteiger partial charge in [-0.25, -0.2) is 0 Å². The van der Waals surface area contributed by atoms with Gasteiger partial charge >= 0.3 is 0 Å². The van der Waals surface area contributed by atoms with Crippen molar-refractivity contribution in [2.75, 3.05) is 13.1 Å². The number of ether oxygens (including phenoxy) is 1. The highest BCUT2D eigenvalue weighted by Crippen LogP contribution is 2.27. The fourth-order valence-corrected chi connectivity index (χ4v) is 3.35. The van der Waals surface area contributed by atoms with Crippen molar-refractivity contribution in [3.63, 3.8) is 0 Å².